The molecule has 2 saturated heterocycles. The van der Waals surface area contributed by atoms with Crippen LogP contribution in [0.25, 0.3) is 0 Å². The Morgan fingerprint density at radius 1 is 1.19 bits per heavy atom. The number of carbonyl (C=O) groups is 1. The van der Waals surface area contributed by atoms with Crippen molar-refractivity contribution in [3.05, 3.63) is 0 Å². The van der Waals surface area contributed by atoms with Gasteiger partial charge in [-0.25, -0.2) is 9.00 Å². The molecule has 0 N–H and O–H groups in total. The second-order valence-corrected chi connectivity index (χ2v) is 11.1. The predicted octanol–water partition coefficient (Wildman–Crippen LogP) is 1.45. The highest BCUT2D eigenvalue weighted by atomic mass is 32.2. The Morgan fingerprint density at radius 3 is 2.26 bits per heavy atom. The summed E-state index contributed by atoms with van der Waals surface area (Å²) in [5.41, 5.74) is -0.465. The van der Waals surface area contributed by atoms with Gasteiger partial charge < -0.3 is 14.4 Å². The zero-order valence-corrected chi connectivity index (χ0v) is 18.3. The van der Waals surface area contributed by atoms with Crippen LogP contribution in [0.5, 0.6) is 0 Å². The fourth-order valence-corrected chi connectivity index (χ4v) is 4.66. The summed E-state index contributed by atoms with van der Waals surface area (Å²) in [5.74, 6) is 3.75. The van der Waals surface area contributed by atoms with Gasteiger partial charge in [0.05, 0.1) is 6.26 Å². The van der Waals surface area contributed by atoms with E-state index in [0.717, 1.165) is 32.4 Å². The number of methoxy groups -OCH3 is 1. The third-order valence-electron chi connectivity index (χ3n) is 5.36. The molecule has 3 unspecified atom stereocenters. The first-order chi connectivity index (χ1) is 12.4. The topological polar surface area (TPSA) is 62.1 Å². The van der Waals surface area contributed by atoms with E-state index in [9.17, 15) is 9.00 Å². The van der Waals surface area contributed by atoms with Gasteiger partial charge in [0.25, 0.3) is 0 Å². The van der Waals surface area contributed by atoms with Gasteiger partial charge in [-0.3, -0.25) is 4.90 Å². The molecule has 2 aliphatic rings. The van der Waals surface area contributed by atoms with E-state index < -0.39 is 15.3 Å². The third-order valence-corrected chi connectivity index (χ3v) is 6.62. The molecule has 0 radical (unpaired) electrons. The fraction of sp³-hybridized carbons (Fsp3) is 0.842. The standard InChI is InChI=1S/C19H36N3O4S/c1-19(2,3)26-18(23)21-11-8-15(9-12-21)22-13-10-16(17(14-22)25-5)20(4)27(6,7)24/h15-17H,4,6,8-14H2,1-3,5,7H3/q+1. The number of rotatable bonds is 4. The molecule has 1 amide bonds. The van der Waals surface area contributed by atoms with E-state index >= 15 is 0 Å². The zero-order chi connectivity index (χ0) is 20.4. The van der Waals surface area contributed by atoms with Gasteiger partial charge in [-0.05, 0) is 33.6 Å². The SMILES string of the molecule is C=[N+](C1CCN(C2CCN(C(=O)OC(C)(C)C)CC2)CC1OC)S(=C)(C)=O. The lowest BCUT2D eigenvalue weighted by atomic mass is 9.96. The summed E-state index contributed by atoms with van der Waals surface area (Å²) >= 11 is 0. The second kappa shape index (κ2) is 8.49. The van der Waals surface area contributed by atoms with Crippen molar-refractivity contribution in [1.82, 2.24) is 9.80 Å². The molecule has 0 saturated carbocycles. The maximum Gasteiger partial charge on any atom is 0.410 e. The maximum atomic E-state index is 12.3. The smallest absolute Gasteiger partial charge is 0.410 e. The highest BCUT2D eigenvalue weighted by molar-refractivity contribution is 7.94. The summed E-state index contributed by atoms with van der Waals surface area (Å²) in [6.45, 7) is 12.7. The van der Waals surface area contributed by atoms with E-state index in [2.05, 4.69) is 17.5 Å². The highest BCUT2D eigenvalue weighted by Gasteiger charge is 2.40. The summed E-state index contributed by atoms with van der Waals surface area (Å²) < 4.78 is 25.1. The first kappa shape index (κ1) is 22.2. The lowest BCUT2D eigenvalue weighted by Gasteiger charge is -2.43. The van der Waals surface area contributed by atoms with Crippen LogP contribution in [-0.2, 0) is 19.2 Å². The Labute approximate surface area is 164 Å². The van der Waals surface area contributed by atoms with Crippen molar-refractivity contribution in [1.29, 1.82) is 0 Å². The molecular formula is C19H36N3O4S+. The van der Waals surface area contributed by atoms with Gasteiger partial charge in [0.15, 0.2) is 15.7 Å². The molecule has 8 heteroatoms. The van der Waals surface area contributed by atoms with Crippen LogP contribution in [0.15, 0.2) is 0 Å². The molecule has 27 heavy (non-hydrogen) atoms. The summed E-state index contributed by atoms with van der Waals surface area (Å²) in [7, 11) is -0.659. The Bertz CT molecular complexity index is 648. The summed E-state index contributed by atoms with van der Waals surface area (Å²) in [5, 5.41) is 0. The Hall–Kier alpha value is -1.12. The van der Waals surface area contributed by atoms with Crippen LogP contribution in [-0.4, -0.2) is 100 Å². The van der Waals surface area contributed by atoms with Crippen LogP contribution < -0.4 is 0 Å². The summed E-state index contributed by atoms with van der Waals surface area (Å²) in [4.78, 5) is 16.5. The van der Waals surface area contributed by atoms with Crippen LogP contribution in [0.4, 0.5) is 4.79 Å². The maximum absolute atomic E-state index is 12.3. The van der Waals surface area contributed by atoms with Crippen molar-refractivity contribution < 1.29 is 22.5 Å². The molecule has 2 heterocycles. The third kappa shape index (κ3) is 5.93. The van der Waals surface area contributed by atoms with E-state index in [4.69, 9.17) is 9.47 Å². The van der Waals surface area contributed by atoms with E-state index in [1.54, 1.807) is 22.2 Å². The molecule has 0 aromatic carbocycles. The van der Waals surface area contributed by atoms with Crippen molar-refractivity contribution in [3.63, 3.8) is 0 Å². The lowest BCUT2D eigenvalue weighted by Crippen LogP contribution is -2.57. The van der Waals surface area contributed by atoms with E-state index in [0.29, 0.717) is 19.1 Å². The van der Waals surface area contributed by atoms with Crippen LogP contribution in [0.2, 0.25) is 0 Å². The number of likely N-dealkylation sites (tertiary alicyclic amines) is 2. The number of hydrogen-bond donors (Lipinski definition) is 0. The minimum atomic E-state index is -2.35. The Balaban J connectivity index is 1.91. The van der Waals surface area contributed by atoms with E-state index in [1.807, 2.05) is 20.8 Å². The minimum absolute atomic E-state index is 0.00287. The molecule has 2 fully saturated rings. The normalized spacial score (nSPS) is 27.8. The largest absolute Gasteiger partial charge is 0.444 e. The predicted molar refractivity (Wildman–Crippen MR) is 110 cm³/mol. The van der Waals surface area contributed by atoms with Gasteiger partial charge in [-0.2, -0.15) is 3.98 Å². The fourth-order valence-electron chi connectivity index (χ4n) is 3.85. The van der Waals surface area contributed by atoms with Crippen molar-refractivity contribution in [2.45, 2.75) is 63.8 Å². The molecule has 3 atom stereocenters. The molecule has 7 nitrogen and oxygen atoms in total. The Morgan fingerprint density at radius 2 is 1.78 bits per heavy atom. The average molecular weight is 403 g/mol. The van der Waals surface area contributed by atoms with Crippen molar-refractivity contribution in [2.75, 3.05) is 39.5 Å². The Kier molecular flexibility index (Phi) is 6.97. The lowest BCUT2D eigenvalue weighted by molar-refractivity contribution is -0.427. The zero-order valence-electron chi connectivity index (χ0n) is 17.5. The number of nitrogens with zero attached hydrogens (tertiary/aromatic N) is 3. The molecule has 0 aromatic rings. The van der Waals surface area contributed by atoms with Crippen molar-refractivity contribution in [2.24, 2.45) is 0 Å². The highest BCUT2D eigenvalue weighted by Crippen LogP contribution is 2.25. The molecule has 2 rings (SSSR count). The van der Waals surface area contributed by atoms with Crippen LogP contribution in [0.3, 0.4) is 0 Å². The quantitative estimate of drug-likeness (QED) is 0.405. The number of amides is 1. The second-order valence-electron chi connectivity index (χ2n) is 8.70. The molecular weight excluding hydrogens is 366 g/mol. The van der Waals surface area contributed by atoms with Crippen LogP contribution in [0.1, 0.15) is 40.0 Å². The molecule has 0 aliphatic carbocycles. The number of carbonyl (C=O) groups excluding carboxylic acids is 1. The first-order valence-corrected chi connectivity index (χ1v) is 11.7. The average Bonchev–Trinajstić information content (AvgIpc) is 2.58. The molecule has 0 spiro atoms. The van der Waals surface area contributed by atoms with Gasteiger partial charge in [0.2, 0.25) is 0 Å². The van der Waals surface area contributed by atoms with Gasteiger partial charge in [0, 0.05) is 51.6 Å². The molecule has 0 aromatic heterocycles. The molecule has 0 bridgehead atoms. The summed E-state index contributed by atoms with van der Waals surface area (Å²) in [6, 6.07) is 0.425. The van der Waals surface area contributed by atoms with Crippen molar-refractivity contribution in [3.8, 4) is 0 Å². The minimum Gasteiger partial charge on any atom is -0.444 e. The first-order valence-electron chi connectivity index (χ1n) is 9.59. The number of piperidine rings is 2. The number of ether oxygens (including phenoxy) is 2. The summed E-state index contributed by atoms with van der Waals surface area (Å²) in [6.07, 6.45) is 4.03. The monoisotopic (exact) mass is 402 g/mol. The molecule has 156 valence electrons. The van der Waals surface area contributed by atoms with E-state index in [1.165, 1.54) is 0 Å². The van der Waals surface area contributed by atoms with Crippen LogP contribution in [0, 0.1) is 0 Å². The van der Waals surface area contributed by atoms with Gasteiger partial charge in [-0.1, -0.05) is 0 Å². The molecule has 2 aliphatic heterocycles. The van der Waals surface area contributed by atoms with Gasteiger partial charge in [-0.15, -0.1) is 0 Å². The van der Waals surface area contributed by atoms with Gasteiger partial charge in [0.1, 0.15) is 18.4 Å². The number of hydrogen-bond acceptors (Lipinski definition) is 5. The van der Waals surface area contributed by atoms with Crippen LogP contribution >= 0.6 is 0 Å². The van der Waals surface area contributed by atoms with Crippen molar-refractivity contribution >= 4 is 28.4 Å². The van der Waals surface area contributed by atoms with Gasteiger partial charge >= 0.3 is 6.09 Å². The van der Waals surface area contributed by atoms with E-state index in [-0.39, 0.29) is 18.2 Å².